The van der Waals surface area contributed by atoms with Crippen molar-refractivity contribution in [1.82, 2.24) is 10.2 Å². The van der Waals surface area contributed by atoms with Crippen LogP contribution in [-0.2, 0) is 17.6 Å². The third kappa shape index (κ3) is 3.79. The molecule has 1 saturated heterocycles. The minimum absolute atomic E-state index is 0.0556. The Morgan fingerprint density at radius 1 is 1.16 bits per heavy atom. The number of nitrogens with zero attached hydrogens (tertiary/aromatic N) is 1. The second-order valence-corrected chi connectivity index (χ2v) is 7.19. The van der Waals surface area contributed by atoms with Crippen molar-refractivity contribution in [2.45, 2.75) is 25.7 Å². The molecule has 25 heavy (non-hydrogen) atoms. The molecule has 1 fully saturated rings. The first kappa shape index (κ1) is 16.4. The number of nitrogens with one attached hydrogen (secondary N) is 1. The Labute approximate surface area is 149 Å². The van der Waals surface area contributed by atoms with E-state index in [9.17, 15) is 4.79 Å². The second kappa shape index (κ2) is 7.44. The maximum Gasteiger partial charge on any atom is 0.251 e. The van der Waals surface area contributed by atoms with E-state index in [-0.39, 0.29) is 5.91 Å². The van der Waals surface area contributed by atoms with E-state index in [1.807, 2.05) is 6.07 Å². The highest BCUT2D eigenvalue weighted by atomic mass is 16.5. The molecule has 0 saturated carbocycles. The van der Waals surface area contributed by atoms with Crippen LogP contribution >= 0.6 is 0 Å². The summed E-state index contributed by atoms with van der Waals surface area (Å²) in [6.07, 6.45) is 10.6. The zero-order valence-electron chi connectivity index (χ0n) is 14.7. The first-order valence-corrected chi connectivity index (χ1v) is 9.40. The highest BCUT2D eigenvalue weighted by molar-refractivity contribution is 5.94. The predicted octanol–water partition coefficient (Wildman–Crippen LogP) is 2.70. The van der Waals surface area contributed by atoms with Gasteiger partial charge in [0, 0.05) is 44.1 Å². The number of carbonyl (C=O) groups is 1. The standard InChI is InChI=1S/C21H26N2O2/c24-21(22-15-16-8-12-25-13-9-16)19-5-4-17-6-10-23(20-2-1-3-20)11-7-18(17)14-19/h1-5,14,16H,6-13,15H2,(H,22,24). The first-order chi connectivity index (χ1) is 12.3. The van der Waals surface area contributed by atoms with E-state index >= 15 is 0 Å². The van der Waals surface area contributed by atoms with E-state index in [0.29, 0.717) is 5.92 Å². The average molecular weight is 338 g/mol. The average Bonchev–Trinajstić information content (AvgIpc) is 2.81. The van der Waals surface area contributed by atoms with Crippen LogP contribution in [0.15, 0.2) is 42.1 Å². The quantitative estimate of drug-likeness (QED) is 0.918. The predicted molar refractivity (Wildman–Crippen MR) is 98.5 cm³/mol. The van der Waals surface area contributed by atoms with Gasteiger partial charge in [-0.15, -0.1) is 0 Å². The lowest BCUT2D eigenvalue weighted by Gasteiger charge is -2.26. The van der Waals surface area contributed by atoms with Crippen LogP contribution in [-0.4, -0.2) is 43.7 Å². The summed E-state index contributed by atoms with van der Waals surface area (Å²) in [6.45, 7) is 4.48. The van der Waals surface area contributed by atoms with E-state index < -0.39 is 0 Å². The van der Waals surface area contributed by atoms with Gasteiger partial charge in [-0.25, -0.2) is 0 Å². The molecule has 132 valence electrons. The molecule has 0 radical (unpaired) electrons. The number of benzene rings is 1. The molecule has 1 aliphatic carbocycles. The van der Waals surface area contributed by atoms with Crippen LogP contribution in [0.2, 0.25) is 0 Å². The Kier molecular flexibility index (Phi) is 4.88. The summed E-state index contributed by atoms with van der Waals surface area (Å²) >= 11 is 0. The fourth-order valence-corrected chi connectivity index (χ4v) is 3.81. The van der Waals surface area contributed by atoms with Crippen LogP contribution in [0.5, 0.6) is 0 Å². The van der Waals surface area contributed by atoms with Gasteiger partial charge in [-0.2, -0.15) is 0 Å². The number of amides is 1. The number of fused-ring (bicyclic) bond motifs is 1. The largest absolute Gasteiger partial charge is 0.381 e. The zero-order chi connectivity index (χ0) is 17.1. The van der Waals surface area contributed by atoms with Crippen LogP contribution < -0.4 is 5.32 Å². The van der Waals surface area contributed by atoms with Crippen LogP contribution in [0.3, 0.4) is 0 Å². The van der Waals surface area contributed by atoms with Crippen molar-refractivity contribution < 1.29 is 9.53 Å². The topological polar surface area (TPSA) is 41.6 Å². The van der Waals surface area contributed by atoms with E-state index in [1.165, 1.54) is 16.8 Å². The van der Waals surface area contributed by atoms with Crippen LogP contribution in [0.25, 0.3) is 0 Å². The van der Waals surface area contributed by atoms with Gasteiger partial charge in [0.15, 0.2) is 0 Å². The lowest BCUT2D eigenvalue weighted by atomic mass is 9.98. The van der Waals surface area contributed by atoms with Crippen molar-refractivity contribution in [3.63, 3.8) is 0 Å². The van der Waals surface area contributed by atoms with Crippen LogP contribution in [0.1, 0.15) is 34.3 Å². The van der Waals surface area contributed by atoms with Crippen molar-refractivity contribution >= 4 is 5.91 Å². The summed E-state index contributed by atoms with van der Waals surface area (Å²) in [5.74, 6) is 0.607. The molecule has 4 heteroatoms. The summed E-state index contributed by atoms with van der Waals surface area (Å²) < 4.78 is 5.38. The molecule has 1 aromatic rings. The summed E-state index contributed by atoms with van der Waals surface area (Å²) in [5.41, 5.74) is 4.83. The molecule has 1 N–H and O–H groups in total. The molecule has 1 amide bonds. The second-order valence-electron chi connectivity index (χ2n) is 7.19. The number of carbonyl (C=O) groups excluding carboxylic acids is 1. The van der Waals surface area contributed by atoms with Crippen LogP contribution in [0, 0.1) is 5.92 Å². The van der Waals surface area contributed by atoms with Crippen molar-refractivity contribution in [3.05, 3.63) is 58.8 Å². The van der Waals surface area contributed by atoms with Crippen molar-refractivity contribution in [3.8, 4) is 0 Å². The molecule has 0 spiro atoms. The van der Waals surface area contributed by atoms with Crippen molar-refractivity contribution in [2.75, 3.05) is 32.8 Å². The zero-order valence-corrected chi connectivity index (χ0v) is 14.7. The normalized spacial score (nSPS) is 20.3. The van der Waals surface area contributed by atoms with Gasteiger partial charge in [-0.05, 0) is 67.0 Å². The fraction of sp³-hybridized carbons (Fsp3) is 0.476. The monoisotopic (exact) mass is 338 g/mol. The molecule has 0 aromatic heterocycles. The summed E-state index contributed by atoms with van der Waals surface area (Å²) in [5, 5.41) is 3.11. The lowest BCUT2D eigenvalue weighted by molar-refractivity contribution is 0.0642. The highest BCUT2D eigenvalue weighted by Gasteiger charge is 2.19. The number of allylic oxidation sites excluding steroid dienone is 3. The SMILES string of the molecule is O=C(NCC1CCOCC1)c1ccc2c(c1)CCN(C1=CC=C1)CC2. The van der Waals surface area contributed by atoms with Gasteiger partial charge in [-0.1, -0.05) is 12.1 Å². The number of ether oxygens (including phenoxy) is 1. The molecule has 0 bridgehead atoms. The van der Waals surface area contributed by atoms with Gasteiger partial charge >= 0.3 is 0 Å². The molecule has 2 heterocycles. The Balaban J connectivity index is 1.37. The molecule has 2 aliphatic heterocycles. The Morgan fingerprint density at radius 3 is 2.64 bits per heavy atom. The molecular formula is C21H26N2O2. The van der Waals surface area contributed by atoms with Gasteiger partial charge in [0.05, 0.1) is 0 Å². The molecule has 0 unspecified atom stereocenters. The Bertz CT molecular complexity index is 702. The minimum atomic E-state index is 0.0556. The third-order valence-electron chi connectivity index (χ3n) is 5.56. The fourth-order valence-electron chi connectivity index (χ4n) is 3.81. The Hall–Kier alpha value is -2.07. The van der Waals surface area contributed by atoms with Crippen molar-refractivity contribution in [1.29, 1.82) is 0 Å². The van der Waals surface area contributed by atoms with Gasteiger partial charge < -0.3 is 15.0 Å². The third-order valence-corrected chi connectivity index (χ3v) is 5.56. The maximum atomic E-state index is 12.5. The molecule has 3 aliphatic rings. The summed E-state index contributed by atoms with van der Waals surface area (Å²) in [6, 6.07) is 6.23. The Morgan fingerprint density at radius 2 is 1.92 bits per heavy atom. The van der Waals surface area contributed by atoms with E-state index in [4.69, 9.17) is 4.74 Å². The van der Waals surface area contributed by atoms with Gasteiger partial charge in [0.2, 0.25) is 0 Å². The molecule has 0 atom stereocenters. The van der Waals surface area contributed by atoms with Gasteiger partial charge in [0.1, 0.15) is 0 Å². The maximum absolute atomic E-state index is 12.5. The molecular weight excluding hydrogens is 312 g/mol. The highest BCUT2D eigenvalue weighted by Crippen LogP contribution is 2.22. The lowest BCUT2D eigenvalue weighted by Crippen LogP contribution is -2.32. The van der Waals surface area contributed by atoms with E-state index in [0.717, 1.165) is 64.1 Å². The van der Waals surface area contributed by atoms with Gasteiger partial charge in [-0.3, -0.25) is 4.79 Å². The van der Waals surface area contributed by atoms with Crippen LogP contribution in [0.4, 0.5) is 0 Å². The summed E-state index contributed by atoms with van der Waals surface area (Å²) in [4.78, 5) is 15.0. The van der Waals surface area contributed by atoms with Gasteiger partial charge in [0.25, 0.3) is 5.91 Å². The molecule has 1 aromatic carbocycles. The minimum Gasteiger partial charge on any atom is -0.381 e. The molecule has 4 rings (SSSR count). The number of hydrogen-bond acceptors (Lipinski definition) is 3. The smallest absolute Gasteiger partial charge is 0.251 e. The number of hydrogen-bond donors (Lipinski definition) is 1. The number of rotatable bonds is 4. The molecule has 4 nitrogen and oxygen atoms in total. The van der Waals surface area contributed by atoms with E-state index in [1.54, 1.807) is 0 Å². The van der Waals surface area contributed by atoms with E-state index in [2.05, 4.69) is 40.6 Å². The summed E-state index contributed by atoms with van der Waals surface area (Å²) in [7, 11) is 0. The van der Waals surface area contributed by atoms with Crippen molar-refractivity contribution in [2.24, 2.45) is 5.92 Å². The first-order valence-electron chi connectivity index (χ1n) is 9.40.